The molecule has 2 N–H and O–H groups in total. The molecule has 0 aromatic heterocycles. The topological polar surface area (TPSA) is 75.3 Å². The second-order valence-corrected chi connectivity index (χ2v) is 7.39. The third-order valence-corrected chi connectivity index (χ3v) is 5.46. The van der Waals surface area contributed by atoms with Gasteiger partial charge < -0.3 is 5.32 Å². The van der Waals surface area contributed by atoms with E-state index in [1.807, 2.05) is 30.3 Å². The van der Waals surface area contributed by atoms with Crippen molar-refractivity contribution in [1.82, 2.24) is 10.0 Å². The molecule has 0 aliphatic carbocycles. The molecule has 7 heteroatoms. The largest absolute Gasteiger partial charge is 0.348 e. The molecule has 2 aromatic carbocycles. The lowest BCUT2D eigenvalue weighted by Gasteiger charge is -2.33. The van der Waals surface area contributed by atoms with Crippen LogP contribution in [0, 0.1) is 5.82 Å². The Morgan fingerprint density at radius 2 is 1.83 bits per heavy atom. The number of hydrogen-bond donors (Lipinski definition) is 2. The van der Waals surface area contributed by atoms with Crippen molar-refractivity contribution >= 4 is 15.9 Å². The number of carbonyl (C=O) groups is 1. The Balaban J connectivity index is 1.87. The normalized spacial score (nSPS) is 21.3. The van der Waals surface area contributed by atoms with Crippen molar-refractivity contribution < 1.29 is 17.6 Å². The van der Waals surface area contributed by atoms with Gasteiger partial charge in [0.05, 0.1) is 10.9 Å². The van der Waals surface area contributed by atoms with Gasteiger partial charge in [-0.3, -0.25) is 4.79 Å². The fraction of sp³-hybridized carbons (Fsp3) is 0.235. The van der Waals surface area contributed by atoms with E-state index >= 15 is 0 Å². The first-order valence-electron chi connectivity index (χ1n) is 7.58. The Morgan fingerprint density at radius 3 is 2.54 bits per heavy atom. The third-order valence-electron chi connectivity index (χ3n) is 3.97. The number of hydrogen-bond acceptors (Lipinski definition) is 3. The van der Waals surface area contributed by atoms with E-state index < -0.39 is 27.9 Å². The lowest BCUT2D eigenvalue weighted by atomic mass is 9.93. The molecule has 2 atom stereocenters. The lowest BCUT2D eigenvalue weighted by Crippen LogP contribution is -2.50. The fourth-order valence-electron chi connectivity index (χ4n) is 2.80. The number of benzene rings is 2. The Hall–Kier alpha value is -2.25. The quantitative estimate of drug-likeness (QED) is 0.889. The fourth-order valence-corrected chi connectivity index (χ4v) is 4.12. The van der Waals surface area contributed by atoms with Crippen LogP contribution in [-0.2, 0) is 14.8 Å². The minimum Gasteiger partial charge on any atom is -0.348 e. The number of nitrogens with one attached hydrogen (secondary N) is 2. The van der Waals surface area contributed by atoms with Crippen molar-refractivity contribution in [2.24, 2.45) is 0 Å². The molecule has 24 heavy (non-hydrogen) atoms. The average Bonchev–Trinajstić information content (AvgIpc) is 2.57. The first-order chi connectivity index (χ1) is 11.5. The van der Waals surface area contributed by atoms with E-state index in [2.05, 4.69) is 10.0 Å². The molecule has 1 aliphatic heterocycles. The maximum Gasteiger partial charge on any atom is 0.241 e. The van der Waals surface area contributed by atoms with E-state index in [0.29, 0.717) is 6.42 Å². The molecule has 0 bridgehead atoms. The Kier molecular flexibility index (Phi) is 4.64. The Labute approximate surface area is 139 Å². The number of halogens is 1. The van der Waals surface area contributed by atoms with E-state index in [4.69, 9.17) is 0 Å². The molecule has 1 heterocycles. The summed E-state index contributed by atoms with van der Waals surface area (Å²) in [6, 6.07) is 13.1. The van der Waals surface area contributed by atoms with Crippen LogP contribution >= 0.6 is 0 Å². The molecule has 0 spiro atoms. The number of rotatable bonds is 4. The molecule has 1 amide bonds. The van der Waals surface area contributed by atoms with Crippen LogP contribution < -0.4 is 10.0 Å². The summed E-state index contributed by atoms with van der Waals surface area (Å²) in [4.78, 5) is 11.6. The second kappa shape index (κ2) is 6.70. The van der Waals surface area contributed by atoms with Gasteiger partial charge in [-0.1, -0.05) is 36.4 Å². The van der Waals surface area contributed by atoms with Crippen LogP contribution in [0.15, 0.2) is 59.5 Å². The second-order valence-electron chi connectivity index (χ2n) is 5.68. The van der Waals surface area contributed by atoms with Gasteiger partial charge in [-0.2, -0.15) is 0 Å². The van der Waals surface area contributed by atoms with Crippen molar-refractivity contribution in [1.29, 1.82) is 0 Å². The van der Waals surface area contributed by atoms with Crippen molar-refractivity contribution in [3.05, 3.63) is 66.0 Å². The van der Waals surface area contributed by atoms with Crippen molar-refractivity contribution in [3.8, 4) is 0 Å². The van der Waals surface area contributed by atoms with E-state index in [1.165, 1.54) is 18.2 Å². The van der Waals surface area contributed by atoms with Gasteiger partial charge in [0.25, 0.3) is 0 Å². The summed E-state index contributed by atoms with van der Waals surface area (Å²) in [5.41, 5.74) is 0.817. The van der Waals surface area contributed by atoms with Gasteiger partial charge in [0.1, 0.15) is 5.82 Å². The summed E-state index contributed by atoms with van der Waals surface area (Å²) >= 11 is 0. The van der Waals surface area contributed by atoms with Crippen molar-refractivity contribution in [2.75, 3.05) is 0 Å². The van der Waals surface area contributed by atoms with Gasteiger partial charge in [0, 0.05) is 12.5 Å². The number of sulfonamides is 1. The van der Waals surface area contributed by atoms with Crippen molar-refractivity contribution in [3.63, 3.8) is 0 Å². The highest BCUT2D eigenvalue weighted by molar-refractivity contribution is 7.89. The van der Waals surface area contributed by atoms with E-state index in [0.717, 1.165) is 11.6 Å². The predicted molar refractivity (Wildman–Crippen MR) is 87.1 cm³/mol. The number of carbonyl (C=O) groups excluding carboxylic acids is 1. The number of amides is 1. The smallest absolute Gasteiger partial charge is 0.241 e. The summed E-state index contributed by atoms with van der Waals surface area (Å²) in [6.07, 6.45) is 0.611. The van der Waals surface area contributed by atoms with Crippen molar-refractivity contribution in [2.45, 2.75) is 29.8 Å². The molecular weight excluding hydrogens is 331 g/mol. The zero-order valence-electron chi connectivity index (χ0n) is 12.8. The molecule has 1 saturated heterocycles. The van der Waals surface area contributed by atoms with Gasteiger partial charge in [-0.05, 0) is 30.2 Å². The summed E-state index contributed by atoms with van der Waals surface area (Å²) in [5.74, 6) is -0.737. The summed E-state index contributed by atoms with van der Waals surface area (Å²) in [7, 11) is -3.88. The highest BCUT2D eigenvalue weighted by atomic mass is 32.2. The van der Waals surface area contributed by atoms with Crippen LogP contribution in [0.2, 0.25) is 0 Å². The molecule has 5 nitrogen and oxygen atoms in total. The van der Waals surface area contributed by atoms with E-state index in [9.17, 15) is 17.6 Å². The van der Waals surface area contributed by atoms with E-state index in [-0.39, 0.29) is 17.2 Å². The standard InChI is InChI=1S/C17H17FN2O3S/c18-13-7-4-8-14(11-13)24(22,23)20-15-9-10-16(21)19-17(15)12-5-2-1-3-6-12/h1-8,11,15,17,20H,9-10H2,(H,19,21)/t15-,17+/m1/s1. The first-order valence-corrected chi connectivity index (χ1v) is 9.06. The summed E-state index contributed by atoms with van der Waals surface area (Å²) in [6.45, 7) is 0. The highest BCUT2D eigenvalue weighted by Gasteiger charge is 2.33. The average molecular weight is 348 g/mol. The van der Waals surface area contributed by atoms with Gasteiger partial charge in [0.15, 0.2) is 0 Å². The van der Waals surface area contributed by atoms with Crippen LogP contribution in [0.25, 0.3) is 0 Å². The van der Waals surface area contributed by atoms with Crippen LogP contribution in [0.3, 0.4) is 0 Å². The van der Waals surface area contributed by atoms with Crippen LogP contribution in [0.5, 0.6) is 0 Å². The molecular formula is C17H17FN2O3S. The monoisotopic (exact) mass is 348 g/mol. The highest BCUT2D eigenvalue weighted by Crippen LogP contribution is 2.25. The Bertz CT molecular complexity index is 840. The summed E-state index contributed by atoms with van der Waals surface area (Å²) in [5, 5.41) is 2.83. The molecule has 0 unspecified atom stereocenters. The van der Waals surface area contributed by atoms with Crippen LogP contribution in [-0.4, -0.2) is 20.4 Å². The van der Waals surface area contributed by atoms with Crippen LogP contribution in [0.4, 0.5) is 4.39 Å². The first kappa shape index (κ1) is 16.6. The molecule has 2 aromatic rings. The third kappa shape index (κ3) is 3.63. The van der Waals surface area contributed by atoms with Gasteiger partial charge in [-0.25, -0.2) is 17.5 Å². The van der Waals surface area contributed by atoms with Crippen LogP contribution in [0.1, 0.15) is 24.4 Å². The molecule has 126 valence electrons. The minimum absolute atomic E-state index is 0.120. The van der Waals surface area contributed by atoms with Gasteiger partial charge >= 0.3 is 0 Å². The van der Waals surface area contributed by atoms with E-state index in [1.54, 1.807) is 0 Å². The molecule has 0 radical (unpaired) electrons. The zero-order valence-corrected chi connectivity index (χ0v) is 13.6. The van der Waals surface area contributed by atoms with Gasteiger partial charge in [-0.15, -0.1) is 0 Å². The lowest BCUT2D eigenvalue weighted by molar-refractivity contribution is -0.123. The maximum absolute atomic E-state index is 13.3. The molecule has 0 saturated carbocycles. The Morgan fingerprint density at radius 1 is 1.08 bits per heavy atom. The zero-order chi connectivity index (χ0) is 17.2. The molecule has 1 fully saturated rings. The number of piperidine rings is 1. The molecule has 3 rings (SSSR count). The van der Waals surface area contributed by atoms with Gasteiger partial charge in [0.2, 0.25) is 15.9 Å². The SMILES string of the molecule is O=C1CC[C@@H](NS(=O)(=O)c2cccc(F)c2)[C@H](c2ccccc2)N1. The predicted octanol–water partition coefficient (Wildman–Crippen LogP) is 2.12. The minimum atomic E-state index is -3.88. The summed E-state index contributed by atoms with van der Waals surface area (Å²) < 4.78 is 41.0. The molecule has 1 aliphatic rings. The maximum atomic E-state index is 13.3.